The molecule has 0 bridgehead atoms. The molecule has 0 amide bonds. The molecular formula is C14H21ClFNO. The quantitative estimate of drug-likeness (QED) is 0.908. The van der Waals surface area contributed by atoms with Gasteiger partial charge in [-0.25, -0.2) is 4.39 Å². The first kappa shape index (κ1) is 15.3. The summed E-state index contributed by atoms with van der Waals surface area (Å²) in [6.07, 6.45) is 5.87. The molecular weight excluding hydrogens is 253 g/mol. The Bertz CT molecular complexity index is 380. The molecule has 1 fully saturated rings. The van der Waals surface area contributed by atoms with Gasteiger partial charge in [0.2, 0.25) is 0 Å². The van der Waals surface area contributed by atoms with Crippen molar-refractivity contribution in [2.45, 2.75) is 38.1 Å². The minimum absolute atomic E-state index is 0. The van der Waals surface area contributed by atoms with E-state index >= 15 is 0 Å². The van der Waals surface area contributed by atoms with Crippen molar-refractivity contribution in [3.8, 4) is 5.75 Å². The fourth-order valence-electron chi connectivity index (χ4n) is 2.75. The van der Waals surface area contributed by atoms with Crippen LogP contribution in [0.5, 0.6) is 5.75 Å². The van der Waals surface area contributed by atoms with Crippen molar-refractivity contribution >= 4 is 12.4 Å². The number of ether oxygens (including phenoxy) is 1. The Hall–Kier alpha value is -0.800. The summed E-state index contributed by atoms with van der Waals surface area (Å²) < 4.78 is 19.1. The molecule has 0 unspecified atom stereocenters. The summed E-state index contributed by atoms with van der Waals surface area (Å²) in [6.45, 7) is 0. The Morgan fingerprint density at radius 1 is 1.28 bits per heavy atom. The summed E-state index contributed by atoms with van der Waals surface area (Å²) in [5.74, 6) is 0.708. The van der Waals surface area contributed by atoms with Gasteiger partial charge in [-0.05, 0) is 30.9 Å². The highest BCUT2D eigenvalue weighted by atomic mass is 35.5. The topological polar surface area (TPSA) is 35.2 Å². The van der Waals surface area contributed by atoms with Gasteiger partial charge >= 0.3 is 0 Å². The van der Waals surface area contributed by atoms with E-state index in [9.17, 15) is 4.39 Å². The van der Waals surface area contributed by atoms with Gasteiger partial charge in [-0.15, -0.1) is 12.4 Å². The zero-order chi connectivity index (χ0) is 12.3. The lowest BCUT2D eigenvalue weighted by atomic mass is 9.81. The molecule has 18 heavy (non-hydrogen) atoms. The largest absolute Gasteiger partial charge is 0.496 e. The minimum Gasteiger partial charge on any atom is -0.496 e. The maximum Gasteiger partial charge on any atom is 0.131 e. The Balaban J connectivity index is 0.00000162. The van der Waals surface area contributed by atoms with Crippen LogP contribution < -0.4 is 10.5 Å². The van der Waals surface area contributed by atoms with E-state index in [4.69, 9.17) is 10.5 Å². The number of nitrogens with two attached hydrogens (primary N) is 1. The molecule has 0 aromatic heterocycles. The second-order valence-corrected chi connectivity index (χ2v) is 4.78. The van der Waals surface area contributed by atoms with Crippen LogP contribution in [-0.2, 0) is 0 Å². The van der Waals surface area contributed by atoms with Crippen LogP contribution in [-0.4, -0.2) is 7.11 Å². The summed E-state index contributed by atoms with van der Waals surface area (Å²) in [6, 6.07) is 4.65. The lowest BCUT2D eigenvalue weighted by molar-refractivity contribution is 0.295. The molecule has 0 saturated heterocycles. The highest BCUT2D eigenvalue weighted by Crippen LogP contribution is 2.37. The molecule has 0 spiro atoms. The molecule has 102 valence electrons. The van der Waals surface area contributed by atoms with Crippen molar-refractivity contribution in [2.75, 3.05) is 7.11 Å². The first-order valence-electron chi connectivity index (χ1n) is 6.32. The maximum atomic E-state index is 13.9. The Kier molecular flexibility index (Phi) is 5.89. The predicted octanol–water partition coefficient (Wildman–Crippen LogP) is 3.84. The van der Waals surface area contributed by atoms with Crippen LogP contribution >= 0.6 is 12.4 Å². The van der Waals surface area contributed by atoms with Crippen LogP contribution in [0.1, 0.15) is 43.7 Å². The Morgan fingerprint density at radius 2 is 1.94 bits per heavy atom. The van der Waals surface area contributed by atoms with Crippen molar-refractivity contribution < 1.29 is 9.13 Å². The van der Waals surface area contributed by atoms with E-state index in [0.29, 0.717) is 17.2 Å². The number of rotatable bonds is 3. The second-order valence-electron chi connectivity index (χ2n) is 4.78. The molecule has 1 aliphatic carbocycles. The van der Waals surface area contributed by atoms with Crippen molar-refractivity contribution in [3.63, 3.8) is 0 Å². The van der Waals surface area contributed by atoms with Crippen LogP contribution in [0.2, 0.25) is 0 Å². The number of methoxy groups -OCH3 is 1. The first-order valence-corrected chi connectivity index (χ1v) is 6.32. The van der Waals surface area contributed by atoms with Crippen LogP contribution in [0.15, 0.2) is 18.2 Å². The zero-order valence-corrected chi connectivity index (χ0v) is 11.5. The number of benzene rings is 1. The van der Waals surface area contributed by atoms with Crippen molar-refractivity contribution in [2.24, 2.45) is 11.7 Å². The normalized spacial score (nSPS) is 17.9. The van der Waals surface area contributed by atoms with Crippen LogP contribution in [0, 0.1) is 11.7 Å². The van der Waals surface area contributed by atoms with Gasteiger partial charge in [-0.3, -0.25) is 0 Å². The fourth-order valence-corrected chi connectivity index (χ4v) is 2.75. The third kappa shape index (κ3) is 3.15. The highest BCUT2D eigenvalue weighted by molar-refractivity contribution is 5.85. The van der Waals surface area contributed by atoms with Crippen LogP contribution in [0.4, 0.5) is 4.39 Å². The first-order chi connectivity index (χ1) is 8.24. The standard InChI is InChI=1S/C14H20FNO.ClH/c1-17-12-9-5-8-11(15)13(12)14(16)10-6-3-2-4-7-10;/h5,8-10,14H,2-4,6-7,16H2,1H3;1H/t14-;/m1./s1. The summed E-state index contributed by atoms with van der Waals surface area (Å²) in [4.78, 5) is 0. The average Bonchev–Trinajstić information content (AvgIpc) is 2.38. The van der Waals surface area contributed by atoms with E-state index in [-0.39, 0.29) is 24.3 Å². The Morgan fingerprint density at radius 3 is 2.56 bits per heavy atom. The summed E-state index contributed by atoms with van der Waals surface area (Å²) in [5.41, 5.74) is 6.77. The summed E-state index contributed by atoms with van der Waals surface area (Å²) in [5, 5.41) is 0. The molecule has 1 aromatic carbocycles. The number of halogens is 2. The molecule has 1 aromatic rings. The summed E-state index contributed by atoms with van der Waals surface area (Å²) >= 11 is 0. The van der Waals surface area contributed by atoms with Gasteiger partial charge < -0.3 is 10.5 Å². The predicted molar refractivity (Wildman–Crippen MR) is 73.7 cm³/mol. The van der Waals surface area contributed by atoms with Gasteiger partial charge in [-0.2, -0.15) is 0 Å². The maximum absolute atomic E-state index is 13.9. The molecule has 0 heterocycles. The van der Waals surface area contributed by atoms with E-state index in [1.165, 1.54) is 25.3 Å². The van der Waals surface area contributed by atoms with Gasteiger partial charge in [0.05, 0.1) is 7.11 Å². The zero-order valence-electron chi connectivity index (χ0n) is 10.7. The molecule has 0 radical (unpaired) electrons. The SMILES string of the molecule is COc1cccc(F)c1[C@H](N)C1CCCCC1.Cl. The molecule has 1 atom stereocenters. The average molecular weight is 274 g/mol. The van der Waals surface area contributed by atoms with Gasteiger partial charge in [-0.1, -0.05) is 25.3 Å². The van der Waals surface area contributed by atoms with E-state index in [0.717, 1.165) is 12.8 Å². The van der Waals surface area contributed by atoms with Crippen molar-refractivity contribution in [1.29, 1.82) is 0 Å². The molecule has 4 heteroatoms. The molecule has 1 saturated carbocycles. The molecule has 2 nitrogen and oxygen atoms in total. The molecule has 1 aliphatic rings. The lowest BCUT2D eigenvalue weighted by Gasteiger charge is -2.28. The van der Waals surface area contributed by atoms with E-state index in [2.05, 4.69) is 0 Å². The lowest BCUT2D eigenvalue weighted by Crippen LogP contribution is -2.25. The third-order valence-electron chi connectivity index (χ3n) is 3.72. The van der Waals surface area contributed by atoms with Crippen molar-refractivity contribution in [1.82, 2.24) is 0 Å². The molecule has 0 aliphatic heterocycles. The number of hydrogen-bond donors (Lipinski definition) is 1. The third-order valence-corrected chi connectivity index (χ3v) is 3.72. The van der Waals surface area contributed by atoms with Crippen molar-refractivity contribution in [3.05, 3.63) is 29.6 Å². The molecule has 2 N–H and O–H groups in total. The smallest absolute Gasteiger partial charge is 0.131 e. The molecule has 2 rings (SSSR count). The Labute approximate surface area is 114 Å². The van der Waals surface area contributed by atoms with E-state index in [1.54, 1.807) is 19.2 Å². The highest BCUT2D eigenvalue weighted by Gasteiger charge is 2.26. The van der Waals surface area contributed by atoms with E-state index < -0.39 is 0 Å². The van der Waals surface area contributed by atoms with E-state index in [1.807, 2.05) is 0 Å². The van der Waals surface area contributed by atoms with Gasteiger partial charge in [0.25, 0.3) is 0 Å². The number of hydrogen-bond acceptors (Lipinski definition) is 2. The van der Waals surface area contributed by atoms with Gasteiger partial charge in [0.1, 0.15) is 11.6 Å². The van der Waals surface area contributed by atoms with Gasteiger partial charge in [0, 0.05) is 11.6 Å². The summed E-state index contributed by atoms with van der Waals surface area (Å²) in [7, 11) is 1.56. The van der Waals surface area contributed by atoms with Crippen LogP contribution in [0.25, 0.3) is 0 Å². The minimum atomic E-state index is -0.248. The van der Waals surface area contributed by atoms with Gasteiger partial charge in [0.15, 0.2) is 0 Å². The fraction of sp³-hybridized carbons (Fsp3) is 0.571. The monoisotopic (exact) mass is 273 g/mol. The second kappa shape index (κ2) is 6.95. The van der Waals surface area contributed by atoms with Crippen LogP contribution in [0.3, 0.4) is 0 Å².